The Kier molecular flexibility index (Phi) is 12.0. The van der Waals surface area contributed by atoms with Gasteiger partial charge in [-0.25, -0.2) is 0 Å². The number of unbranched alkanes of at least 4 members (excludes halogenated alkanes) is 6. The standard InChI is InChI=1S/C35H49NS2/c1-3-5-7-8-9-11-28-25-37-34(38-26-28)33-18-16-30(17-19-33)29-12-14-31(15-13-29)32-20-23-35(27-36,24-21-32)22-10-6-4-2/h12-19,28,32,34H,3-11,20-26H2,1-2H3. The average Bonchev–Trinajstić information content (AvgIpc) is 2.98. The Balaban J connectivity index is 1.24. The first-order valence-corrected chi connectivity index (χ1v) is 17.6. The fourth-order valence-corrected chi connectivity index (χ4v) is 9.52. The molecule has 1 aliphatic carbocycles. The third-order valence-corrected chi connectivity index (χ3v) is 12.3. The van der Waals surface area contributed by atoms with Crippen LogP contribution in [0.5, 0.6) is 0 Å². The lowest BCUT2D eigenvalue weighted by molar-refractivity contribution is 0.223. The molecule has 0 unspecified atom stereocenters. The molecular formula is C35H49NS2. The van der Waals surface area contributed by atoms with E-state index in [1.165, 1.54) is 91.5 Å². The minimum absolute atomic E-state index is 0.0581. The Hall–Kier alpha value is -1.37. The van der Waals surface area contributed by atoms with Gasteiger partial charge in [0.1, 0.15) is 0 Å². The van der Waals surface area contributed by atoms with Crippen LogP contribution in [0.1, 0.15) is 125 Å². The van der Waals surface area contributed by atoms with Crippen LogP contribution in [0.15, 0.2) is 48.5 Å². The zero-order valence-electron chi connectivity index (χ0n) is 23.9. The summed E-state index contributed by atoms with van der Waals surface area (Å²) in [5, 5.41) is 9.88. The fourth-order valence-electron chi connectivity index (χ4n) is 6.35. The van der Waals surface area contributed by atoms with Crippen LogP contribution in [-0.2, 0) is 0 Å². The van der Waals surface area contributed by atoms with Crippen molar-refractivity contribution in [2.45, 2.75) is 114 Å². The molecule has 0 spiro atoms. The van der Waals surface area contributed by atoms with Crippen molar-refractivity contribution in [1.29, 1.82) is 5.26 Å². The molecule has 38 heavy (non-hydrogen) atoms. The van der Waals surface area contributed by atoms with E-state index in [4.69, 9.17) is 0 Å². The monoisotopic (exact) mass is 547 g/mol. The van der Waals surface area contributed by atoms with Gasteiger partial charge in [-0.05, 0) is 84.1 Å². The lowest BCUT2D eigenvalue weighted by Gasteiger charge is -2.35. The van der Waals surface area contributed by atoms with Gasteiger partial charge in [-0.15, -0.1) is 23.5 Å². The molecule has 1 saturated heterocycles. The van der Waals surface area contributed by atoms with Crippen molar-refractivity contribution in [3.63, 3.8) is 0 Å². The Morgan fingerprint density at radius 3 is 1.87 bits per heavy atom. The molecule has 2 fully saturated rings. The Bertz CT molecular complexity index is 974. The second-order valence-corrected chi connectivity index (χ2v) is 14.5. The normalized spacial score (nSPS) is 25.7. The van der Waals surface area contributed by atoms with E-state index in [1.54, 1.807) is 0 Å². The van der Waals surface area contributed by atoms with Crippen molar-refractivity contribution in [3.8, 4) is 17.2 Å². The van der Waals surface area contributed by atoms with Gasteiger partial charge in [0.2, 0.25) is 0 Å². The molecule has 2 aromatic rings. The molecule has 0 radical (unpaired) electrons. The largest absolute Gasteiger partial charge is 0.198 e. The predicted molar refractivity (Wildman–Crippen MR) is 170 cm³/mol. The highest BCUT2D eigenvalue weighted by atomic mass is 32.2. The van der Waals surface area contributed by atoms with E-state index in [0.717, 1.165) is 38.0 Å². The van der Waals surface area contributed by atoms with Gasteiger partial charge in [0.05, 0.1) is 16.1 Å². The summed E-state index contributed by atoms with van der Waals surface area (Å²) >= 11 is 4.32. The van der Waals surface area contributed by atoms with E-state index < -0.39 is 0 Å². The van der Waals surface area contributed by atoms with Gasteiger partial charge >= 0.3 is 0 Å². The molecule has 0 bridgehead atoms. The first-order valence-electron chi connectivity index (χ1n) is 15.5. The quantitative estimate of drug-likeness (QED) is 0.233. The van der Waals surface area contributed by atoms with E-state index in [0.29, 0.717) is 10.5 Å². The molecule has 1 heterocycles. The van der Waals surface area contributed by atoms with Gasteiger partial charge in [-0.3, -0.25) is 0 Å². The average molecular weight is 548 g/mol. The maximum atomic E-state index is 9.88. The Labute approximate surface area is 242 Å². The van der Waals surface area contributed by atoms with Crippen LogP contribution in [0.2, 0.25) is 0 Å². The summed E-state index contributed by atoms with van der Waals surface area (Å²) in [7, 11) is 0. The van der Waals surface area contributed by atoms with Gasteiger partial charge in [0.15, 0.2) is 0 Å². The van der Waals surface area contributed by atoms with Gasteiger partial charge in [0.25, 0.3) is 0 Å². The molecule has 2 aliphatic rings. The zero-order chi connectivity index (χ0) is 26.6. The minimum Gasteiger partial charge on any atom is -0.198 e. The minimum atomic E-state index is -0.0581. The smallest absolute Gasteiger partial charge is 0.0751 e. The second kappa shape index (κ2) is 15.4. The fraction of sp³-hybridized carbons (Fsp3) is 0.629. The highest BCUT2D eigenvalue weighted by molar-refractivity contribution is 8.16. The van der Waals surface area contributed by atoms with E-state index in [-0.39, 0.29) is 5.41 Å². The van der Waals surface area contributed by atoms with Crippen LogP contribution < -0.4 is 0 Å². The lowest BCUT2D eigenvalue weighted by atomic mass is 9.67. The second-order valence-electron chi connectivity index (χ2n) is 11.9. The number of nitrogens with zero attached hydrogens (tertiary/aromatic N) is 1. The molecule has 4 rings (SSSR count). The van der Waals surface area contributed by atoms with E-state index in [1.807, 2.05) is 0 Å². The summed E-state index contributed by atoms with van der Waals surface area (Å²) in [6, 6.07) is 21.4. The predicted octanol–water partition coefficient (Wildman–Crippen LogP) is 11.6. The van der Waals surface area contributed by atoms with Crippen molar-refractivity contribution in [1.82, 2.24) is 0 Å². The van der Waals surface area contributed by atoms with Gasteiger partial charge in [-0.2, -0.15) is 5.26 Å². The van der Waals surface area contributed by atoms with Crippen LogP contribution >= 0.6 is 23.5 Å². The summed E-state index contributed by atoms with van der Waals surface area (Å²) in [5.41, 5.74) is 5.51. The number of hydrogen-bond acceptors (Lipinski definition) is 3. The first-order chi connectivity index (χ1) is 18.7. The van der Waals surface area contributed by atoms with Gasteiger partial charge < -0.3 is 0 Å². The molecule has 2 aromatic carbocycles. The van der Waals surface area contributed by atoms with Gasteiger partial charge in [0, 0.05) is 0 Å². The van der Waals surface area contributed by atoms with Crippen molar-refractivity contribution in [2.75, 3.05) is 11.5 Å². The SMILES string of the molecule is CCCCCCCC1CSC(c2ccc(-c3ccc(C4CCC(C#N)(CCCCC)CC4)cc3)cc2)SC1. The number of nitriles is 1. The summed E-state index contributed by atoms with van der Waals surface area (Å²) in [5.74, 6) is 4.16. The molecular weight excluding hydrogens is 499 g/mol. The number of benzene rings is 2. The molecule has 206 valence electrons. The highest BCUT2D eigenvalue weighted by Crippen LogP contribution is 2.47. The van der Waals surface area contributed by atoms with Crippen LogP contribution in [-0.4, -0.2) is 11.5 Å². The Morgan fingerprint density at radius 2 is 1.29 bits per heavy atom. The molecule has 1 saturated carbocycles. The van der Waals surface area contributed by atoms with Crippen molar-refractivity contribution >= 4 is 23.5 Å². The number of rotatable bonds is 13. The third-order valence-electron chi connectivity index (χ3n) is 9.02. The summed E-state index contributed by atoms with van der Waals surface area (Å²) < 4.78 is 0.594. The molecule has 3 heteroatoms. The Morgan fingerprint density at radius 1 is 0.737 bits per heavy atom. The maximum absolute atomic E-state index is 9.88. The molecule has 0 N–H and O–H groups in total. The summed E-state index contributed by atoms with van der Waals surface area (Å²) in [6.45, 7) is 4.54. The maximum Gasteiger partial charge on any atom is 0.0751 e. The van der Waals surface area contributed by atoms with Crippen LogP contribution in [0.3, 0.4) is 0 Å². The van der Waals surface area contributed by atoms with E-state index >= 15 is 0 Å². The number of thioether (sulfide) groups is 2. The van der Waals surface area contributed by atoms with E-state index in [2.05, 4.69) is 92.0 Å². The number of hydrogen-bond donors (Lipinski definition) is 0. The van der Waals surface area contributed by atoms with Crippen LogP contribution in [0.25, 0.3) is 11.1 Å². The molecule has 1 nitrogen and oxygen atoms in total. The summed E-state index contributed by atoms with van der Waals surface area (Å²) in [4.78, 5) is 0. The molecule has 0 amide bonds. The first kappa shape index (κ1) is 29.6. The van der Waals surface area contributed by atoms with Crippen molar-refractivity contribution in [2.24, 2.45) is 11.3 Å². The summed E-state index contributed by atoms with van der Waals surface area (Å²) in [6.07, 6.45) is 17.7. The van der Waals surface area contributed by atoms with Gasteiger partial charge in [-0.1, -0.05) is 114 Å². The van der Waals surface area contributed by atoms with Crippen molar-refractivity contribution < 1.29 is 0 Å². The highest BCUT2D eigenvalue weighted by Gasteiger charge is 2.35. The lowest BCUT2D eigenvalue weighted by Crippen LogP contribution is -2.25. The van der Waals surface area contributed by atoms with Crippen LogP contribution in [0, 0.1) is 22.7 Å². The van der Waals surface area contributed by atoms with Crippen LogP contribution in [0.4, 0.5) is 0 Å². The topological polar surface area (TPSA) is 23.8 Å². The van der Waals surface area contributed by atoms with Crippen molar-refractivity contribution in [3.05, 3.63) is 59.7 Å². The zero-order valence-corrected chi connectivity index (χ0v) is 25.6. The third kappa shape index (κ3) is 8.32. The molecule has 0 aromatic heterocycles. The van der Waals surface area contributed by atoms with E-state index in [9.17, 15) is 5.26 Å². The molecule has 1 aliphatic heterocycles. The molecule has 0 atom stereocenters.